The van der Waals surface area contributed by atoms with E-state index in [1.54, 1.807) is 11.0 Å². The molecule has 7 nitrogen and oxygen atoms in total. The fraction of sp³-hybridized carbons (Fsp3) is 0.471. The summed E-state index contributed by atoms with van der Waals surface area (Å²) in [4.78, 5) is 16.1. The summed E-state index contributed by atoms with van der Waals surface area (Å²) in [6.45, 7) is 3.86. The molecule has 128 valence electrons. The lowest BCUT2D eigenvalue weighted by molar-refractivity contribution is 0.0860. The molecule has 24 heavy (non-hydrogen) atoms. The SMILES string of the molecule is C[C@@H](NC(=O)NCc1ccccc1Cn1cncn1)[C@H]1CCCO1. The van der Waals surface area contributed by atoms with Crippen LogP contribution < -0.4 is 10.6 Å². The van der Waals surface area contributed by atoms with Crippen molar-refractivity contribution in [2.45, 2.75) is 45.0 Å². The summed E-state index contributed by atoms with van der Waals surface area (Å²) in [5, 5.41) is 10.0. The van der Waals surface area contributed by atoms with Gasteiger partial charge in [0.1, 0.15) is 12.7 Å². The van der Waals surface area contributed by atoms with E-state index in [4.69, 9.17) is 4.74 Å². The molecule has 0 unspecified atom stereocenters. The number of urea groups is 1. The number of hydrogen-bond acceptors (Lipinski definition) is 4. The number of aromatic nitrogens is 3. The second-order valence-corrected chi connectivity index (χ2v) is 6.03. The summed E-state index contributed by atoms with van der Waals surface area (Å²) in [6, 6.07) is 7.83. The van der Waals surface area contributed by atoms with E-state index in [-0.39, 0.29) is 18.2 Å². The van der Waals surface area contributed by atoms with E-state index in [1.807, 2.05) is 31.2 Å². The Morgan fingerprint density at radius 3 is 2.96 bits per heavy atom. The third-order valence-corrected chi connectivity index (χ3v) is 4.24. The van der Waals surface area contributed by atoms with Gasteiger partial charge in [0.05, 0.1) is 18.7 Å². The summed E-state index contributed by atoms with van der Waals surface area (Å²) in [7, 11) is 0. The molecule has 1 fully saturated rings. The Kier molecular flexibility index (Phi) is 5.43. The van der Waals surface area contributed by atoms with Gasteiger partial charge >= 0.3 is 6.03 Å². The van der Waals surface area contributed by atoms with Crippen LogP contribution >= 0.6 is 0 Å². The first-order valence-electron chi connectivity index (χ1n) is 8.27. The lowest BCUT2D eigenvalue weighted by Gasteiger charge is -2.20. The number of carbonyl (C=O) groups is 1. The van der Waals surface area contributed by atoms with E-state index >= 15 is 0 Å². The third kappa shape index (κ3) is 4.32. The molecule has 2 N–H and O–H groups in total. The quantitative estimate of drug-likeness (QED) is 0.845. The largest absolute Gasteiger partial charge is 0.376 e. The molecular formula is C17H23N5O2. The van der Waals surface area contributed by atoms with E-state index in [2.05, 4.69) is 20.7 Å². The smallest absolute Gasteiger partial charge is 0.315 e. The van der Waals surface area contributed by atoms with Gasteiger partial charge in [0, 0.05) is 13.2 Å². The first-order valence-corrected chi connectivity index (χ1v) is 8.27. The number of hydrogen-bond donors (Lipinski definition) is 2. The zero-order valence-electron chi connectivity index (χ0n) is 13.8. The van der Waals surface area contributed by atoms with Gasteiger partial charge in [-0.15, -0.1) is 0 Å². The number of nitrogens with zero attached hydrogens (tertiary/aromatic N) is 3. The Balaban J connectivity index is 1.53. The molecule has 3 rings (SSSR count). The van der Waals surface area contributed by atoms with Crippen molar-refractivity contribution in [3.63, 3.8) is 0 Å². The Hall–Kier alpha value is -2.41. The average Bonchev–Trinajstić information content (AvgIpc) is 3.27. The van der Waals surface area contributed by atoms with Crippen LogP contribution in [0.2, 0.25) is 0 Å². The fourth-order valence-electron chi connectivity index (χ4n) is 2.90. The van der Waals surface area contributed by atoms with Gasteiger partial charge in [-0.1, -0.05) is 24.3 Å². The van der Waals surface area contributed by atoms with Gasteiger partial charge in [0.15, 0.2) is 0 Å². The number of amides is 2. The van der Waals surface area contributed by atoms with Gasteiger partial charge < -0.3 is 15.4 Å². The molecule has 7 heteroatoms. The zero-order valence-corrected chi connectivity index (χ0v) is 13.8. The van der Waals surface area contributed by atoms with E-state index in [0.29, 0.717) is 13.1 Å². The number of ether oxygens (including phenoxy) is 1. The van der Waals surface area contributed by atoms with Crippen molar-refractivity contribution in [3.8, 4) is 0 Å². The minimum atomic E-state index is -0.173. The Bertz CT molecular complexity index is 653. The first kappa shape index (κ1) is 16.4. The van der Waals surface area contributed by atoms with Crippen molar-refractivity contribution in [3.05, 3.63) is 48.0 Å². The molecule has 2 atom stereocenters. The summed E-state index contributed by atoms with van der Waals surface area (Å²) >= 11 is 0. The van der Waals surface area contributed by atoms with Crippen molar-refractivity contribution in [1.82, 2.24) is 25.4 Å². The van der Waals surface area contributed by atoms with Crippen LogP contribution in [-0.4, -0.2) is 39.5 Å². The molecule has 1 aromatic carbocycles. The molecule has 2 heterocycles. The maximum Gasteiger partial charge on any atom is 0.315 e. The van der Waals surface area contributed by atoms with Crippen LogP contribution in [0.15, 0.2) is 36.9 Å². The topological polar surface area (TPSA) is 81.1 Å². The monoisotopic (exact) mass is 329 g/mol. The molecule has 2 aromatic rings. The number of rotatable bonds is 6. The molecule has 1 aromatic heterocycles. The molecule has 0 spiro atoms. The van der Waals surface area contributed by atoms with Crippen molar-refractivity contribution in [2.24, 2.45) is 0 Å². The summed E-state index contributed by atoms with van der Waals surface area (Å²) < 4.78 is 7.36. The van der Waals surface area contributed by atoms with Gasteiger partial charge in [0.25, 0.3) is 0 Å². The second kappa shape index (κ2) is 7.92. The highest BCUT2D eigenvalue weighted by atomic mass is 16.5. The number of carbonyl (C=O) groups excluding carboxylic acids is 1. The van der Waals surface area contributed by atoms with Crippen LogP contribution in [0.5, 0.6) is 0 Å². The molecule has 2 amide bonds. The molecule has 0 bridgehead atoms. The highest BCUT2D eigenvalue weighted by Crippen LogP contribution is 2.15. The lowest BCUT2D eigenvalue weighted by Crippen LogP contribution is -2.45. The van der Waals surface area contributed by atoms with Gasteiger partial charge in [-0.25, -0.2) is 14.5 Å². The Morgan fingerprint density at radius 2 is 2.25 bits per heavy atom. The van der Waals surface area contributed by atoms with Crippen molar-refractivity contribution in [2.75, 3.05) is 6.61 Å². The van der Waals surface area contributed by atoms with Gasteiger partial charge in [-0.2, -0.15) is 5.10 Å². The first-order chi connectivity index (χ1) is 11.7. The van der Waals surface area contributed by atoms with Crippen LogP contribution in [0.1, 0.15) is 30.9 Å². The highest BCUT2D eigenvalue weighted by molar-refractivity contribution is 5.74. The van der Waals surface area contributed by atoms with Crippen molar-refractivity contribution in [1.29, 1.82) is 0 Å². The van der Waals surface area contributed by atoms with Crippen molar-refractivity contribution >= 4 is 6.03 Å². The number of nitrogens with one attached hydrogen (secondary N) is 2. The third-order valence-electron chi connectivity index (χ3n) is 4.24. The normalized spacial score (nSPS) is 18.3. The molecular weight excluding hydrogens is 306 g/mol. The predicted octanol–water partition coefficient (Wildman–Crippen LogP) is 1.69. The molecule has 0 saturated carbocycles. The van der Waals surface area contributed by atoms with E-state index in [0.717, 1.165) is 30.6 Å². The van der Waals surface area contributed by atoms with E-state index < -0.39 is 0 Å². The van der Waals surface area contributed by atoms with Crippen LogP contribution in [-0.2, 0) is 17.8 Å². The average molecular weight is 329 g/mol. The molecule has 0 radical (unpaired) electrons. The van der Waals surface area contributed by atoms with Crippen LogP contribution in [0.4, 0.5) is 4.79 Å². The van der Waals surface area contributed by atoms with Gasteiger partial charge in [-0.05, 0) is 30.9 Å². The van der Waals surface area contributed by atoms with Gasteiger partial charge in [0.2, 0.25) is 0 Å². The lowest BCUT2D eigenvalue weighted by atomic mass is 10.1. The molecule has 1 aliphatic rings. The van der Waals surface area contributed by atoms with Crippen LogP contribution in [0, 0.1) is 0 Å². The summed E-state index contributed by atoms with van der Waals surface area (Å²) in [5.41, 5.74) is 2.17. The van der Waals surface area contributed by atoms with E-state index in [1.165, 1.54) is 6.33 Å². The second-order valence-electron chi connectivity index (χ2n) is 6.03. The molecule has 1 aliphatic heterocycles. The minimum Gasteiger partial charge on any atom is -0.376 e. The van der Waals surface area contributed by atoms with Crippen molar-refractivity contribution < 1.29 is 9.53 Å². The standard InChI is InChI=1S/C17H23N5O2/c1-13(16-7-4-8-24-16)21-17(23)19-9-14-5-2-3-6-15(14)10-22-12-18-11-20-22/h2-3,5-6,11-13,16H,4,7-10H2,1H3,(H2,19,21,23)/t13-,16-/m1/s1. The summed E-state index contributed by atoms with van der Waals surface area (Å²) in [5.74, 6) is 0. The molecule has 0 aliphatic carbocycles. The van der Waals surface area contributed by atoms with Gasteiger partial charge in [-0.3, -0.25) is 0 Å². The highest BCUT2D eigenvalue weighted by Gasteiger charge is 2.23. The predicted molar refractivity (Wildman–Crippen MR) is 89.4 cm³/mol. The van der Waals surface area contributed by atoms with Crippen LogP contribution in [0.3, 0.4) is 0 Å². The maximum atomic E-state index is 12.1. The summed E-state index contributed by atoms with van der Waals surface area (Å²) in [6.07, 6.45) is 5.38. The minimum absolute atomic E-state index is 0.0119. The zero-order chi connectivity index (χ0) is 16.8. The van der Waals surface area contributed by atoms with Crippen LogP contribution in [0.25, 0.3) is 0 Å². The number of benzene rings is 1. The Labute approximate surface area is 141 Å². The Morgan fingerprint density at radius 1 is 1.42 bits per heavy atom. The van der Waals surface area contributed by atoms with E-state index in [9.17, 15) is 4.79 Å². The molecule has 1 saturated heterocycles. The maximum absolute atomic E-state index is 12.1. The fourth-order valence-corrected chi connectivity index (χ4v) is 2.90.